The van der Waals surface area contributed by atoms with Crippen LogP contribution in [0.4, 0.5) is 0 Å². The fourth-order valence-corrected chi connectivity index (χ4v) is 6.95. The van der Waals surface area contributed by atoms with Gasteiger partial charge in [-0.2, -0.15) is 0 Å². The minimum absolute atomic E-state index is 0.0100. The van der Waals surface area contributed by atoms with E-state index in [-0.39, 0.29) is 45.1 Å². The van der Waals surface area contributed by atoms with Crippen LogP contribution in [0.5, 0.6) is 0 Å². The molecular formula is C43H55N7O9. The van der Waals surface area contributed by atoms with E-state index in [1.165, 1.54) is 4.90 Å². The number of carbonyl (C=O) groups is 7. The molecule has 16 heteroatoms. The third kappa shape index (κ3) is 14.6. The van der Waals surface area contributed by atoms with E-state index in [4.69, 9.17) is 11.5 Å². The number of nitrogens with two attached hydrogens (primary N) is 2. The van der Waals surface area contributed by atoms with Crippen LogP contribution in [0.15, 0.2) is 91.0 Å². The Bertz CT molecular complexity index is 1870. The monoisotopic (exact) mass is 813 g/mol. The smallest absolute Gasteiger partial charge is 0.326 e. The number of carboxylic acid groups (broad SMARTS) is 2. The molecule has 0 radical (unpaired) electrons. The number of aliphatic carboxylic acids is 2. The summed E-state index contributed by atoms with van der Waals surface area (Å²) in [6, 6.07) is 19.7. The van der Waals surface area contributed by atoms with Crippen LogP contribution in [0.25, 0.3) is 0 Å². The first-order valence-corrected chi connectivity index (χ1v) is 19.9. The quantitative estimate of drug-likeness (QED) is 0.0628. The molecule has 1 heterocycles. The lowest BCUT2D eigenvalue weighted by atomic mass is 10.0. The Morgan fingerprint density at radius 1 is 0.627 bits per heavy atom. The van der Waals surface area contributed by atoms with Gasteiger partial charge in [0.25, 0.3) is 0 Å². The maximum absolute atomic E-state index is 14.2. The molecular weight excluding hydrogens is 759 g/mol. The van der Waals surface area contributed by atoms with Crippen molar-refractivity contribution < 1.29 is 43.8 Å². The van der Waals surface area contributed by atoms with Crippen molar-refractivity contribution in [1.29, 1.82) is 0 Å². The van der Waals surface area contributed by atoms with Gasteiger partial charge >= 0.3 is 11.9 Å². The lowest BCUT2D eigenvalue weighted by Gasteiger charge is -2.31. The van der Waals surface area contributed by atoms with Gasteiger partial charge in [0.2, 0.25) is 29.5 Å². The number of nitrogens with zero attached hydrogens (tertiary/aromatic N) is 1. The maximum Gasteiger partial charge on any atom is 0.326 e. The number of benzene rings is 3. The van der Waals surface area contributed by atoms with Gasteiger partial charge in [0.05, 0.1) is 6.04 Å². The predicted octanol–water partition coefficient (Wildman–Crippen LogP) is 1.05. The lowest BCUT2D eigenvalue weighted by Crippen LogP contribution is -2.59. The fourth-order valence-electron chi connectivity index (χ4n) is 6.95. The van der Waals surface area contributed by atoms with Gasteiger partial charge in [0, 0.05) is 25.8 Å². The highest BCUT2D eigenvalue weighted by Gasteiger charge is 2.40. The average Bonchev–Trinajstić information content (AvgIpc) is 3.72. The van der Waals surface area contributed by atoms with Crippen molar-refractivity contribution in [3.8, 4) is 0 Å². The standard InChI is InChI=1S/C43H55N7O9/c44-23-11-10-19-32(39(54)49-35(43(58)59)27-30-17-8-3-9-18-30)46-41(56)36-20-12-24-50(36)42(57)33(21-22-37(51)52)47-40(55)34(26-29-15-6-2-7-16-29)48-38(53)31(45)25-28-13-4-1-5-14-28/h1-9,13-18,31-36H,10-12,19-27,44-45H2,(H,46,56)(H,47,55)(H,48,53)(H,49,54)(H,51,52)(H,58,59)/t31-,32-,33-,34-,35-,36-/m0/s1. The van der Waals surface area contributed by atoms with Gasteiger partial charge < -0.3 is 47.8 Å². The molecule has 3 aromatic carbocycles. The number of carbonyl (C=O) groups excluding carboxylic acids is 5. The minimum Gasteiger partial charge on any atom is -0.481 e. The Morgan fingerprint density at radius 3 is 1.68 bits per heavy atom. The molecule has 1 saturated heterocycles. The average molecular weight is 814 g/mol. The Hall–Kier alpha value is -6.13. The van der Waals surface area contributed by atoms with Crippen molar-refractivity contribution in [2.75, 3.05) is 13.1 Å². The number of hydrogen-bond acceptors (Lipinski definition) is 9. The molecule has 1 fully saturated rings. The Morgan fingerprint density at radius 2 is 1.14 bits per heavy atom. The third-order valence-electron chi connectivity index (χ3n) is 10.1. The van der Waals surface area contributed by atoms with E-state index < -0.39 is 84.1 Å². The Kier molecular flexibility index (Phi) is 18.0. The highest BCUT2D eigenvalue weighted by atomic mass is 16.4. The molecule has 3 aromatic rings. The summed E-state index contributed by atoms with van der Waals surface area (Å²) in [6.45, 7) is 0.440. The molecule has 10 N–H and O–H groups in total. The minimum atomic E-state index is -1.39. The van der Waals surface area contributed by atoms with E-state index in [1.807, 2.05) is 30.3 Å². The summed E-state index contributed by atoms with van der Waals surface area (Å²) < 4.78 is 0. The van der Waals surface area contributed by atoms with Gasteiger partial charge in [0.15, 0.2) is 0 Å². The number of rotatable bonds is 23. The van der Waals surface area contributed by atoms with Gasteiger partial charge in [0.1, 0.15) is 30.2 Å². The second-order valence-corrected chi connectivity index (χ2v) is 14.7. The predicted molar refractivity (Wildman–Crippen MR) is 218 cm³/mol. The van der Waals surface area contributed by atoms with Crippen LogP contribution in [0.2, 0.25) is 0 Å². The molecule has 59 heavy (non-hydrogen) atoms. The molecule has 316 valence electrons. The molecule has 0 bridgehead atoms. The van der Waals surface area contributed by atoms with Crippen LogP contribution in [-0.2, 0) is 52.8 Å². The summed E-state index contributed by atoms with van der Waals surface area (Å²) in [7, 11) is 0. The first-order chi connectivity index (χ1) is 28.4. The molecule has 1 aliphatic heterocycles. The molecule has 0 spiro atoms. The number of likely N-dealkylation sites (tertiary alicyclic amines) is 1. The van der Waals surface area contributed by atoms with Crippen molar-refractivity contribution in [1.82, 2.24) is 26.2 Å². The van der Waals surface area contributed by atoms with E-state index in [9.17, 15) is 43.8 Å². The van der Waals surface area contributed by atoms with Crippen molar-refractivity contribution in [3.05, 3.63) is 108 Å². The molecule has 16 nitrogen and oxygen atoms in total. The van der Waals surface area contributed by atoms with Crippen LogP contribution >= 0.6 is 0 Å². The molecule has 0 unspecified atom stereocenters. The Labute approximate surface area is 343 Å². The van der Waals surface area contributed by atoms with Crippen LogP contribution in [0, 0.1) is 0 Å². The number of nitrogens with one attached hydrogen (secondary N) is 4. The van der Waals surface area contributed by atoms with Crippen molar-refractivity contribution in [2.45, 2.75) is 100 Å². The zero-order valence-electron chi connectivity index (χ0n) is 33.0. The van der Waals surface area contributed by atoms with Crippen molar-refractivity contribution >= 4 is 41.5 Å². The zero-order chi connectivity index (χ0) is 42.7. The van der Waals surface area contributed by atoms with Gasteiger partial charge in [-0.15, -0.1) is 0 Å². The number of amides is 5. The summed E-state index contributed by atoms with van der Waals surface area (Å²) in [5.41, 5.74) is 14.1. The van der Waals surface area contributed by atoms with Gasteiger partial charge in [-0.1, -0.05) is 91.0 Å². The molecule has 6 atom stereocenters. The molecule has 0 aromatic heterocycles. The van der Waals surface area contributed by atoms with E-state index in [0.717, 1.165) is 5.56 Å². The molecule has 0 saturated carbocycles. The molecule has 0 aliphatic carbocycles. The molecule has 1 aliphatic rings. The zero-order valence-corrected chi connectivity index (χ0v) is 33.0. The first kappa shape index (κ1) is 45.6. The van der Waals surface area contributed by atoms with Crippen LogP contribution < -0.4 is 32.7 Å². The van der Waals surface area contributed by atoms with Gasteiger partial charge in [-0.05, 0) is 68.2 Å². The largest absolute Gasteiger partial charge is 0.481 e. The maximum atomic E-state index is 14.2. The summed E-state index contributed by atoms with van der Waals surface area (Å²) in [6.07, 6.45) is 1.19. The fraction of sp³-hybridized carbons (Fsp3) is 0.419. The van der Waals surface area contributed by atoms with E-state index in [1.54, 1.807) is 60.7 Å². The second-order valence-electron chi connectivity index (χ2n) is 14.7. The van der Waals surface area contributed by atoms with Crippen molar-refractivity contribution in [3.63, 3.8) is 0 Å². The van der Waals surface area contributed by atoms with Crippen LogP contribution in [0.3, 0.4) is 0 Å². The van der Waals surface area contributed by atoms with Gasteiger partial charge in [-0.25, -0.2) is 4.79 Å². The van der Waals surface area contributed by atoms with E-state index in [0.29, 0.717) is 36.9 Å². The number of unbranched alkanes of at least 4 members (excludes halogenated alkanes) is 1. The van der Waals surface area contributed by atoms with E-state index >= 15 is 0 Å². The lowest BCUT2D eigenvalue weighted by molar-refractivity contribution is -0.144. The van der Waals surface area contributed by atoms with Crippen molar-refractivity contribution in [2.24, 2.45) is 11.5 Å². The summed E-state index contributed by atoms with van der Waals surface area (Å²) in [5.74, 6) is -5.91. The second kappa shape index (κ2) is 23.3. The highest BCUT2D eigenvalue weighted by Crippen LogP contribution is 2.21. The molecule has 5 amide bonds. The summed E-state index contributed by atoms with van der Waals surface area (Å²) >= 11 is 0. The van der Waals surface area contributed by atoms with Crippen LogP contribution in [0.1, 0.15) is 61.6 Å². The Balaban J connectivity index is 1.50. The number of carboxylic acids is 2. The summed E-state index contributed by atoms with van der Waals surface area (Å²) in [5, 5.41) is 30.1. The van der Waals surface area contributed by atoms with E-state index in [2.05, 4.69) is 21.3 Å². The molecule has 4 rings (SSSR count). The highest BCUT2D eigenvalue weighted by molar-refractivity contribution is 5.97. The van der Waals surface area contributed by atoms with Gasteiger partial charge in [-0.3, -0.25) is 28.8 Å². The normalized spacial score (nSPS) is 16.1. The first-order valence-electron chi connectivity index (χ1n) is 19.9. The summed E-state index contributed by atoms with van der Waals surface area (Å²) in [4.78, 5) is 94.1. The topological polar surface area (TPSA) is 263 Å². The van der Waals surface area contributed by atoms with Crippen LogP contribution in [-0.4, -0.2) is 106 Å². The third-order valence-corrected chi connectivity index (χ3v) is 10.1. The SMILES string of the molecule is NCCCC[C@H](NC(=O)[C@@H]1CCCN1C(=O)[C@H](CCC(=O)O)NC(=O)[C@H](Cc1ccccc1)NC(=O)[C@@H](N)Cc1ccccc1)C(=O)N[C@@H](Cc1ccccc1)C(=O)O. The number of hydrogen-bond donors (Lipinski definition) is 8.